The van der Waals surface area contributed by atoms with Gasteiger partial charge in [-0.25, -0.2) is 0 Å². The zero-order chi connectivity index (χ0) is 21.3. The first-order chi connectivity index (χ1) is 14.6. The molecule has 1 N–H and O–H groups in total. The second-order valence-electron chi connectivity index (χ2n) is 7.54. The Bertz CT molecular complexity index is 827. The fraction of sp³-hybridized carbons (Fsp3) is 0.545. The van der Waals surface area contributed by atoms with Crippen LogP contribution in [0.25, 0.3) is 0 Å². The maximum atomic E-state index is 5.52. The monoisotopic (exact) mass is 414 g/mol. The molecule has 164 valence electrons. The summed E-state index contributed by atoms with van der Waals surface area (Å²) < 4.78 is 12.7. The molecule has 2 heterocycles. The number of ether oxygens (including phenoxy) is 2. The van der Waals surface area contributed by atoms with Crippen LogP contribution in [0, 0.1) is 0 Å². The summed E-state index contributed by atoms with van der Waals surface area (Å²) in [5, 5.41) is 7.73. The van der Waals surface area contributed by atoms with Crippen molar-refractivity contribution in [1.29, 1.82) is 0 Å². The molecule has 1 saturated heterocycles. The zero-order valence-corrected chi connectivity index (χ0v) is 18.6. The van der Waals surface area contributed by atoms with Gasteiger partial charge in [0.05, 0.1) is 20.4 Å². The van der Waals surface area contributed by atoms with Crippen molar-refractivity contribution in [3.63, 3.8) is 0 Å². The van der Waals surface area contributed by atoms with Crippen LogP contribution in [0.1, 0.15) is 17.5 Å². The van der Waals surface area contributed by atoms with E-state index in [9.17, 15) is 0 Å². The predicted molar refractivity (Wildman–Crippen MR) is 119 cm³/mol. The molecule has 30 heavy (non-hydrogen) atoms. The van der Waals surface area contributed by atoms with E-state index in [2.05, 4.69) is 37.5 Å². The van der Waals surface area contributed by atoms with Gasteiger partial charge in [0.1, 0.15) is 11.5 Å². The van der Waals surface area contributed by atoms with Crippen molar-refractivity contribution in [2.75, 3.05) is 54.0 Å². The first-order valence-corrected chi connectivity index (χ1v) is 10.5. The molecule has 8 nitrogen and oxygen atoms in total. The minimum atomic E-state index is 0.853. The number of aryl methyl sites for hydroxylation is 2. The third-order valence-corrected chi connectivity index (χ3v) is 5.45. The minimum Gasteiger partial charge on any atom is -0.497 e. The summed E-state index contributed by atoms with van der Waals surface area (Å²) >= 11 is 0. The van der Waals surface area contributed by atoms with Crippen molar-refractivity contribution < 1.29 is 9.47 Å². The van der Waals surface area contributed by atoms with Crippen molar-refractivity contribution in [3.8, 4) is 11.5 Å². The summed E-state index contributed by atoms with van der Waals surface area (Å²) in [5.41, 5.74) is 2.43. The average molecular weight is 415 g/mol. The van der Waals surface area contributed by atoms with E-state index in [0.29, 0.717) is 0 Å². The Morgan fingerprint density at radius 2 is 1.97 bits per heavy atom. The SMILES string of the molecule is CN=C(NCCCc1cnn(C)c1)N1CCN(Cc2cc(OC)ccc2OC)CC1. The maximum absolute atomic E-state index is 5.52. The lowest BCUT2D eigenvalue weighted by molar-refractivity contribution is 0.171. The second-order valence-corrected chi connectivity index (χ2v) is 7.54. The fourth-order valence-electron chi connectivity index (χ4n) is 3.79. The van der Waals surface area contributed by atoms with Gasteiger partial charge in [-0.3, -0.25) is 14.6 Å². The summed E-state index contributed by atoms with van der Waals surface area (Å²) in [6, 6.07) is 5.97. The van der Waals surface area contributed by atoms with Gasteiger partial charge in [-0.15, -0.1) is 0 Å². The van der Waals surface area contributed by atoms with Crippen LogP contribution in [0.2, 0.25) is 0 Å². The van der Waals surface area contributed by atoms with Crippen LogP contribution in [-0.2, 0) is 20.0 Å². The summed E-state index contributed by atoms with van der Waals surface area (Å²) in [5.74, 6) is 2.75. The third kappa shape index (κ3) is 5.89. The van der Waals surface area contributed by atoms with Crippen LogP contribution in [0.4, 0.5) is 0 Å². The summed E-state index contributed by atoms with van der Waals surface area (Å²) in [6.07, 6.45) is 6.09. The van der Waals surface area contributed by atoms with Gasteiger partial charge in [0, 0.05) is 65.1 Å². The van der Waals surface area contributed by atoms with Gasteiger partial charge in [-0.2, -0.15) is 5.10 Å². The Labute approximate surface area is 179 Å². The standard InChI is InChI=1S/C22H34N6O2/c1-23-22(24-9-5-6-18-15-25-26(2)16-18)28-12-10-27(11-13-28)17-19-14-20(29-3)7-8-21(19)30-4/h7-8,14-16H,5-6,9-13,17H2,1-4H3,(H,23,24). The van der Waals surface area contributed by atoms with Crippen molar-refractivity contribution in [2.24, 2.45) is 12.0 Å². The molecule has 3 rings (SSSR count). The summed E-state index contributed by atoms with van der Waals surface area (Å²) in [4.78, 5) is 9.26. The number of methoxy groups -OCH3 is 2. The Balaban J connectivity index is 1.44. The quantitative estimate of drug-likeness (QED) is 0.403. The van der Waals surface area contributed by atoms with Crippen LogP contribution in [0.15, 0.2) is 35.6 Å². The predicted octanol–water partition coefficient (Wildman–Crippen LogP) is 1.76. The van der Waals surface area contributed by atoms with Crippen LogP contribution in [0.3, 0.4) is 0 Å². The van der Waals surface area contributed by atoms with E-state index >= 15 is 0 Å². The molecular formula is C22H34N6O2. The molecule has 0 spiro atoms. The molecule has 1 aromatic heterocycles. The highest BCUT2D eigenvalue weighted by molar-refractivity contribution is 5.79. The zero-order valence-electron chi connectivity index (χ0n) is 18.6. The molecule has 1 aliphatic heterocycles. The molecule has 0 saturated carbocycles. The molecule has 1 aromatic carbocycles. The van der Waals surface area contributed by atoms with Crippen molar-refractivity contribution in [1.82, 2.24) is 24.9 Å². The maximum Gasteiger partial charge on any atom is 0.193 e. The molecule has 0 aliphatic carbocycles. The number of aliphatic imine (C=N–C) groups is 1. The highest BCUT2D eigenvalue weighted by atomic mass is 16.5. The Morgan fingerprint density at radius 3 is 2.60 bits per heavy atom. The lowest BCUT2D eigenvalue weighted by Gasteiger charge is -2.36. The Hall–Kier alpha value is -2.74. The molecule has 0 bridgehead atoms. The van der Waals surface area contributed by atoms with E-state index in [1.807, 2.05) is 37.1 Å². The van der Waals surface area contributed by atoms with Gasteiger partial charge in [-0.05, 0) is 36.6 Å². The number of hydrogen-bond donors (Lipinski definition) is 1. The molecule has 0 unspecified atom stereocenters. The molecular weight excluding hydrogens is 380 g/mol. The van der Waals surface area contributed by atoms with E-state index in [4.69, 9.17) is 9.47 Å². The largest absolute Gasteiger partial charge is 0.497 e. The molecule has 1 aliphatic rings. The molecule has 0 amide bonds. The first-order valence-electron chi connectivity index (χ1n) is 10.5. The second kappa shape index (κ2) is 10.9. The lowest BCUT2D eigenvalue weighted by atomic mass is 10.1. The molecule has 0 radical (unpaired) electrons. The number of benzene rings is 1. The third-order valence-electron chi connectivity index (χ3n) is 5.45. The molecule has 0 atom stereocenters. The smallest absolute Gasteiger partial charge is 0.193 e. The van der Waals surface area contributed by atoms with Gasteiger partial charge in [0.25, 0.3) is 0 Å². The van der Waals surface area contributed by atoms with Crippen LogP contribution < -0.4 is 14.8 Å². The number of piperazine rings is 1. The number of nitrogens with one attached hydrogen (secondary N) is 1. The van der Waals surface area contributed by atoms with Gasteiger partial charge in [0.2, 0.25) is 0 Å². The van der Waals surface area contributed by atoms with E-state index in [-0.39, 0.29) is 0 Å². The van der Waals surface area contributed by atoms with Crippen molar-refractivity contribution in [3.05, 3.63) is 41.7 Å². The fourth-order valence-corrected chi connectivity index (χ4v) is 3.79. The topological polar surface area (TPSA) is 67.2 Å². The van der Waals surface area contributed by atoms with E-state index in [1.165, 1.54) is 5.56 Å². The van der Waals surface area contributed by atoms with E-state index in [0.717, 1.165) is 75.1 Å². The lowest BCUT2D eigenvalue weighted by Crippen LogP contribution is -2.52. The molecule has 2 aromatic rings. The van der Waals surface area contributed by atoms with Crippen LogP contribution in [-0.4, -0.2) is 79.5 Å². The molecule has 8 heteroatoms. The summed E-state index contributed by atoms with van der Waals surface area (Å²) in [6.45, 7) is 5.63. The van der Waals surface area contributed by atoms with Gasteiger partial charge < -0.3 is 19.7 Å². The van der Waals surface area contributed by atoms with Crippen LogP contribution in [0.5, 0.6) is 11.5 Å². The van der Waals surface area contributed by atoms with E-state index < -0.39 is 0 Å². The van der Waals surface area contributed by atoms with Gasteiger partial charge >= 0.3 is 0 Å². The highest BCUT2D eigenvalue weighted by Gasteiger charge is 2.20. The number of aromatic nitrogens is 2. The number of nitrogens with zero attached hydrogens (tertiary/aromatic N) is 5. The minimum absolute atomic E-state index is 0.853. The Kier molecular flexibility index (Phi) is 7.96. The van der Waals surface area contributed by atoms with Gasteiger partial charge in [0.15, 0.2) is 5.96 Å². The average Bonchev–Trinajstić information content (AvgIpc) is 3.19. The normalized spacial score (nSPS) is 15.3. The number of rotatable bonds is 8. The highest BCUT2D eigenvalue weighted by Crippen LogP contribution is 2.25. The number of hydrogen-bond acceptors (Lipinski definition) is 5. The van der Waals surface area contributed by atoms with Gasteiger partial charge in [-0.1, -0.05) is 0 Å². The summed E-state index contributed by atoms with van der Waals surface area (Å²) in [7, 11) is 7.22. The molecule has 1 fully saturated rings. The van der Waals surface area contributed by atoms with Crippen LogP contribution >= 0.6 is 0 Å². The van der Waals surface area contributed by atoms with E-state index in [1.54, 1.807) is 14.2 Å². The first kappa shape index (κ1) is 22.0. The van der Waals surface area contributed by atoms with Crippen molar-refractivity contribution >= 4 is 5.96 Å². The number of guanidine groups is 1. The van der Waals surface area contributed by atoms with Crippen molar-refractivity contribution in [2.45, 2.75) is 19.4 Å². The Morgan fingerprint density at radius 1 is 1.17 bits per heavy atom.